The van der Waals surface area contributed by atoms with E-state index >= 15 is 0 Å². The van der Waals surface area contributed by atoms with Crippen LogP contribution >= 0.6 is 28.8 Å². The number of thioether (sulfide) groups is 1. The Morgan fingerprint density at radius 3 is 2.42 bits per heavy atom. The maximum absolute atomic E-state index is 8.84. The SMILES string of the molecule is CC(C)(C#N)SCSP(O)(O)=S. The van der Waals surface area contributed by atoms with Crippen LogP contribution in [0.4, 0.5) is 0 Å². The first-order valence-corrected chi connectivity index (χ1v) is 8.30. The molecule has 0 fully saturated rings. The van der Waals surface area contributed by atoms with E-state index in [9.17, 15) is 0 Å². The number of nitrogens with zero attached hydrogens (tertiary/aromatic N) is 1. The van der Waals surface area contributed by atoms with E-state index in [1.54, 1.807) is 13.8 Å². The van der Waals surface area contributed by atoms with E-state index in [0.29, 0.717) is 5.08 Å². The second kappa shape index (κ2) is 4.85. The molecule has 0 spiro atoms. The highest BCUT2D eigenvalue weighted by molar-refractivity contribution is 8.69. The van der Waals surface area contributed by atoms with Gasteiger partial charge in [0.05, 0.1) is 10.8 Å². The summed E-state index contributed by atoms with van der Waals surface area (Å²) in [6.07, 6.45) is 0. The first-order valence-electron chi connectivity index (χ1n) is 3.02. The van der Waals surface area contributed by atoms with Gasteiger partial charge in [0.25, 0.3) is 0 Å². The van der Waals surface area contributed by atoms with Crippen molar-refractivity contribution in [1.82, 2.24) is 0 Å². The maximum atomic E-state index is 8.84. The smallest absolute Gasteiger partial charge is 0.242 e. The molecule has 2 N–H and O–H groups in total. The average molecular weight is 243 g/mol. The van der Waals surface area contributed by atoms with Gasteiger partial charge in [0, 0.05) is 5.08 Å². The normalized spacial score (nSPS) is 12.6. The fourth-order valence-electron chi connectivity index (χ4n) is 0.275. The number of nitriles is 1. The van der Waals surface area contributed by atoms with Crippen molar-refractivity contribution in [2.24, 2.45) is 0 Å². The van der Waals surface area contributed by atoms with Gasteiger partial charge in [0.2, 0.25) is 5.69 Å². The van der Waals surface area contributed by atoms with Gasteiger partial charge < -0.3 is 9.79 Å². The predicted molar refractivity (Wildman–Crippen MR) is 58.5 cm³/mol. The highest BCUT2D eigenvalue weighted by atomic mass is 32.9. The highest BCUT2D eigenvalue weighted by Gasteiger charge is 2.18. The summed E-state index contributed by atoms with van der Waals surface area (Å²) in [6, 6.07) is 2.09. The van der Waals surface area contributed by atoms with Gasteiger partial charge in [-0.1, -0.05) is 11.4 Å². The molecule has 0 aromatic carbocycles. The Morgan fingerprint density at radius 2 is 2.08 bits per heavy atom. The summed E-state index contributed by atoms with van der Waals surface area (Å²) in [5.74, 6) is 0. The van der Waals surface area contributed by atoms with Crippen molar-refractivity contribution >= 4 is 40.6 Å². The second-order valence-corrected chi connectivity index (χ2v) is 10.5. The quantitative estimate of drug-likeness (QED) is 0.581. The van der Waals surface area contributed by atoms with Crippen molar-refractivity contribution in [1.29, 1.82) is 5.26 Å². The van der Waals surface area contributed by atoms with Gasteiger partial charge in [-0.25, -0.2) is 0 Å². The first kappa shape index (κ1) is 12.8. The van der Waals surface area contributed by atoms with Crippen LogP contribution in [0.15, 0.2) is 0 Å². The minimum Gasteiger partial charge on any atom is -0.338 e. The molecule has 0 atom stereocenters. The molecule has 0 amide bonds. The zero-order chi connectivity index (χ0) is 9.83. The maximum Gasteiger partial charge on any atom is 0.242 e. The van der Waals surface area contributed by atoms with Crippen molar-refractivity contribution in [3.63, 3.8) is 0 Å². The summed E-state index contributed by atoms with van der Waals surface area (Å²) in [4.78, 5) is 17.7. The Morgan fingerprint density at radius 1 is 1.58 bits per heavy atom. The van der Waals surface area contributed by atoms with Gasteiger partial charge in [-0.15, -0.1) is 11.8 Å². The molecule has 3 nitrogen and oxygen atoms in total. The Balaban J connectivity index is 3.74. The largest absolute Gasteiger partial charge is 0.338 e. The molecule has 0 aliphatic carbocycles. The van der Waals surface area contributed by atoms with Gasteiger partial charge in [-0.05, 0) is 25.7 Å². The van der Waals surface area contributed by atoms with Crippen LogP contribution in [0.1, 0.15) is 13.8 Å². The predicted octanol–water partition coefficient (Wildman–Crippen LogP) is 1.92. The monoisotopic (exact) mass is 243 g/mol. The van der Waals surface area contributed by atoms with Crippen molar-refractivity contribution in [3.8, 4) is 6.07 Å². The van der Waals surface area contributed by atoms with Crippen LogP contribution in [0.5, 0.6) is 0 Å². The van der Waals surface area contributed by atoms with Gasteiger partial charge in [0.15, 0.2) is 0 Å². The van der Waals surface area contributed by atoms with Crippen molar-refractivity contribution < 1.29 is 9.79 Å². The topological polar surface area (TPSA) is 64.2 Å². The minimum absolute atomic E-state index is 0.435. The van der Waals surface area contributed by atoms with Crippen LogP contribution in [-0.2, 0) is 11.8 Å². The summed E-state index contributed by atoms with van der Waals surface area (Å²) < 4.78 is -0.489. The minimum atomic E-state index is -3.14. The van der Waals surface area contributed by atoms with E-state index in [2.05, 4.69) is 17.9 Å². The molecule has 0 aliphatic heterocycles. The van der Waals surface area contributed by atoms with E-state index in [1.807, 2.05) is 0 Å². The Hall–Kier alpha value is 0.760. The molecule has 12 heavy (non-hydrogen) atoms. The average Bonchev–Trinajstić information content (AvgIpc) is 1.84. The molecule has 7 heteroatoms. The summed E-state index contributed by atoms with van der Waals surface area (Å²) in [7, 11) is 0. The van der Waals surface area contributed by atoms with E-state index in [0.717, 1.165) is 11.4 Å². The molecule has 0 rings (SSSR count). The molecule has 0 aromatic heterocycles. The molecule has 0 bridgehead atoms. The molecular weight excluding hydrogens is 233 g/mol. The van der Waals surface area contributed by atoms with Gasteiger partial charge in [-0.2, -0.15) is 5.26 Å². The summed E-state index contributed by atoms with van der Waals surface area (Å²) in [5, 5.41) is 9.04. The van der Waals surface area contributed by atoms with Crippen LogP contribution in [-0.4, -0.2) is 19.6 Å². The number of hydrogen-bond acceptors (Lipinski definition) is 4. The van der Waals surface area contributed by atoms with E-state index in [4.69, 9.17) is 15.0 Å². The number of rotatable bonds is 4. The van der Waals surface area contributed by atoms with Crippen LogP contribution < -0.4 is 0 Å². The highest BCUT2D eigenvalue weighted by Crippen LogP contribution is 2.52. The second-order valence-electron chi connectivity index (χ2n) is 2.50. The van der Waals surface area contributed by atoms with E-state index in [-0.39, 0.29) is 0 Å². The van der Waals surface area contributed by atoms with Crippen LogP contribution in [0.3, 0.4) is 0 Å². The fraction of sp³-hybridized carbons (Fsp3) is 0.800. The van der Waals surface area contributed by atoms with Crippen molar-refractivity contribution in [2.75, 3.05) is 5.08 Å². The Bertz CT molecular complexity index is 231. The first-order chi connectivity index (χ1) is 5.27. The lowest BCUT2D eigenvalue weighted by atomic mass is 10.2. The summed E-state index contributed by atoms with van der Waals surface area (Å²) in [5.41, 5.74) is -3.14. The molecule has 0 heterocycles. The zero-order valence-electron chi connectivity index (χ0n) is 6.72. The summed E-state index contributed by atoms with van der Waals surface area (Å²) in [6.45, 7) is 3.55. The van der Waals surface area contributed by atoms with Crippen LogP contribution in [0, 0.1) is 11.3 Å². The summed E-state index contributed by atoms with van der Waals surface area (Å²) >= 11 is 6.67. The number of hydrogen-bond donors (Lipinski definition) is 2. The molecule has 0 unspecified atom stereocenters. The Kier molecular flexibility index (Phi) is 5.15. The third kappa shape index (κ3) is 7.41. The standard InChI is InChI=1S/C5H10NO2PS3/c1-5(2,3-6)11-4-12-9(7,8)10/h4H2,1-2H3,(H2,7,8,10). The molecule has 70 valence electrons. The fourth-order valence-corrected chi connectivity index (χ4v) is 5.15. The molecule has 0 aromatic rings. The van der Waals surface area contributed by atoms with Gasteiger partial charge in [0.1, 0.15) is 0 Å². The van der Waals surface area contributed by atoms with Crippen molar-refractivity contribution in [3.05, 3.63) is 0 Å². The lowest BCUT2D eigenvalue weighted by Crippen LogP contribution is -2.10. The molecule has 0 radical (unpaired) electrons. The molecular formula is C5H10NO2PS3. The van der Waals surface area contributed by atoms with Crippen LogP contribution in [0.25, 0.3) is 0 Å². The molecule has 0 saturated carbocycles. The third-order valence-corrected chi connectivity index (χ3v) is 5.86. The zero-order valence-corrected chi connectivity index (χ0v) is 10.1. The lowest BCUT2D eigenvalue weighted by Gasteiger charge is -2.14. The lowest BCUT2D eigenvalue weighted by molar-refractivity contribution is 0.502. The van der Waals surface area contributed by atoms with Gasteiger partial charge >= 0.3 is 0 Å². The Labute approximate surface area is 85.5 Å². The van der Waals surface area contributed by atoms with E-state index < -0.39 is 10.4 Å². The molecule has 0 aliphatic rings. The van der Waals surface area contributed by atoms with Gasteiger partial charge in [-0.3, -0.25) is 0 Å². The third-order valence-electron chi connectivity index (χ3n) is 0.910. The van der Waals surface area contributed by atoms with E-state index in [1.165, 1.54) is 11.8 Å². The molecule has 0 saturated heterocycles. The van der Waals surface area contributed by atoms with Crippen LogP contribution in [0.2, 0.25) is 0 Å². The van der Waals surface area contributed by atoms with Crippen molar-refractivity contribution in [2.45, 2.75) is 18.6 Å².